The van der Waals surface area contributed by atoms with E-state index in [9.17, 15) is 9.18 Å². The number of benzene rings is 2. The van der Waals surface area contributed by atoms with Crippen LogP contribution in [0.4, 0.5) is 10.1 Å². The van der Waals surface area contributed by atoms with Gasteiger partial charge in [-0.25, -0.2) is 9.07 Å². The topological polar surface area (TPSA) is 59.4 Å². The van der Waals surface area contributed by atoms with E-state index in [2.05, 4.69) is 10.1 Å². The highest BCUT2D eigenvalue weighted by Gasteiger charge is 2.12. The molecular weight excluding hydrogens is 345 g/mol. The number of aromatic nitrogens is 2. The number of aryl methyl sites for hydroxylation is 1. The lowest BCUT2D eigenvalue weighted by atomic mass is 10.2. The summed E-state index contributed by atoms with van der Waals surface area (Å²) in [6, 6.07) is 10.7. The zero-order valence-electron chi connectivity index (χ0n) is 13.6. The van der Waals surface area contributed by atoms with Crippen molar-refractivity contribution in [3.8, 4) is 11.4 Å². The van der Waals surface area contributed by atoms with Gasteiger partial charge in [-0.15, -0.1) is 0 Å². The third kappa shape index (κ3) is 3.49. The molecule has 0 fully saturated rings. The van der Waals surface area contributed by atoms with Gasteiger partial charge in [-0.1, -0.05) is 11.6 Å². The predicted molar refractivity (Wildman–Crippen MR) is 96.3 cm³/mol. The maximum Gasteiger partial charge on any atom is 0.280 e. The van der Waals surface area contributed by atoms with Crippen molar-refractivity contribution in [1.82, 2.24) is 9.78 Å². The van der Waals surface area contributed by atoms with E-state index in [0.29, 0.717) is 33.4 Å². The summed E-state index contributed by atoms with van der Waals surface area (Å²) >= 11 is 6.02. The monoisotopic (exact) mass is 359 g/mol. The normalized spacial score (nSPS) is 11.2. The number of methoxy groups -OCH3 is 1. The van der Waals surface area contributed by atoms with Gasteiger partial charge >= 0.3 is 0 Å². The van der Waals surface area contributed by atoms with Crippen molar-refractivity contribution >= 4 is 23.5 Å². The van der Waals surface area contributed by atoms with E-state index in [1.54, 1.807) is 25.1 Å². The van der Waals surface area contributed by atoms with Crippen molar-refractivity contribution in [2.45, 2.75) is 6.92 Å². The average Bonchev–Trinajstić information content (AvgIpc) is 2.89. The molecule has 1 aromatic heterocycles. The molecule has 0 radical (unpaired) electrons. The number of aromatic amines is 1. The molecule has 3 aromatic rings. The van der Waals surface area contributed by atoms with Crippen LogP contribution in [0.2, 0.25) is 5.02 Å². The van der Waals surface area contributed by atoms with Crippen LogP contribution in [0.3, 0.4) is 0 Å². The smallest absolute Gasteiger partial charge is 0.280 e. The van der Waals surface area contributed by atoms with E-state index in [0.717, 1.165) is 0 Å². The maximum atomic E-state index is 12.9. The van der Waals surface area contributed by atoms with E-state index in [1.807, 2.05) is 0 Å². The molecule has 2 aromatic carbocycles. The summed E-state index contributed by atoms with van der Waals surface area (Å²) in [4.78, 5) is 16.9. The van der Waals surface area contributed by atoms with E-state index in [1.165, 1.54) is 42.3 Å². The fourth-order valence-electron chi connectivity index (χ4n) is 2.35. The molecule has 1 N–H and O–H groups in total. The highest BCUT2D eigenvalue weighted by Crippen LogP contribution is 2.26. The van der Waals surface area contributed by atoms with Gasteiger partial charge in [-0.05, 0) is 43.3 Å². The van der Waals surface area contributed by atoms with Crippen LogP contribution in [-0.2, 0) is 0 Å². The van der Waals surface area contributed by atoms with E-state index in [4.69, 9.17) is 16.3 Å². The third-order valence-corrected chi connectivity index (χ3v) is 3.99. The van der Waals surface area contributed by atoms with Gasteiger partial charge in [0.2, 0.25) is 0 Å². The molecule has 0 saturated heterocycles. The molecule has 0 aliphatic rings. The number of ether oxygens (including phenoxy) is 1. The summed E-state index contributed by atoms with van der Waals surface area (Å²) in [6.07, 6.45) is 1.46. The molecule has 7 heteroatoms. The van der Waals surface area contributed by atoms with Gasteiger partial charge in [0.05, 0.1) is 29.1 Å². The van der Waals surface area contributed by atoms with Gasteiger partial charge in [-0.3, -0.25) is 14.9 Å². The summed E-state index contributed by atoms with van der Waals surface area (Å²) in [6.45, 7) is 1.77. The van der Waals surface area contributed by atoms with Crippen molar-refractivity contribution < 1.29 is 9.13 Å². The second-order valence-electron chi connectivity index (χ2n) is 5.34. The van der Waals surface area contributed by atoms with Gasteiger partial charge in [0, 0.05) is 18.0 Å². The molecular formula is C18H15ClFN3O2. The first-order chi connectivity index (χ1) is 12.0. The van der Waals surface area contributed by atoms with Crippen LogP contribution >= 0.6 is 11.6 Å². The van der Waals surface area contributed by atoms with Crippen molar-refractivity contribution in [3.05, 3.63) is 74.9 Å². The van der Waals surface area contributed by atoms with E-state index < -0.39 is 0 Å². The summed E-state index contributed by atoms with van der Waals surface area (Å²) in [5.74, 6) is 0.135. The molecule has 128 valence electrons. The lowest BCUT2D eigenvalue weighted by Crippen LogP contribution is -2.17. The highest BCUT2D eigenvalue weighted by molar-refractivity contribution is 6.32. The highest BCUT2D eigenvalue weighted by atomic mass is 35.5. The van der Waals surface area contributed by atoms with Gasteiger partial charge in [-0.2, -0.15) is 0 Å². The standard InChI is InChI=1S/C18H15ClFN3O2/c1-11-15(10-21-13-5-3-12(20)4-6-13)18(24)23(22-11)14-7-8-16(19)17(9-14)25-2/h3-10,22H,1-2H3. The molecule has 3 rings (SSSR count). The average molecular weight is 360 g/mol. The van der Waals surface area contributed by atoms with Crippen LogP contribution in [0.15, 0.2) is 52.3 Å². The van der Waals surface area contributed by atoms with Crippen LogP contribution in [-0.4, -0.2) is 23.1 Å². The number of H-pyrrole nitrogens is 1. The number of nitrogens with zero attached hydrogens (tertiary/aromatic N) is 2. The SMILES string of the molecule is COc1cc(-n2[nH]c(C)c(C=Nc3ccc(F)cc3)c2=O)ccc1Cl. The molecule has 1 heterocycles. The minimum Gasteiger partial charge on any atom is -0.495 e. The number of nitrogens with one attached hydrogen (secondary N) is 1. The quantitative estimate of drug-likeness (QED) is 0.715. The van der Waals surface area contributed by atoms with Crippen LogP contribution in [0.25, 0.3) is 5.69 Å². The fraction of sp³-hybridized carbons (Fsp3) is 0.111. The minimum atomic E-state index is -0.337. The molecule has 0 amide bonds. The number of aliphatic imine (C=N–C) groups is 1. The Morgan fingerprint density at radius 1 is 1.24 bits per heavy atom. The van der Waals surface area contributed by atoms with Crippen LogP contribution in [0.5, 0.6) is 5.75 Å². The molecule has 0 atom stereocenters. The summed E-state index contributed by atoms with van der Waals surface area (Å²) < 4.78 is 19.5. The van der Waals surface area contributed by atoms with E-state index in [-0.39, 0.29) is 11.4 Å². The van der Waals surface area contributed by atoms with Crippen molar-refractivity contribution in [3.63, 3.8) is 0 Å². The Bertz CT molecular complexity index is 991. The van der Waals surface area contributed by atoms with Crippen LogP contribution in [0.1, 0.15) is 11.3 Å². The zero-order chi connectivity index (χ0) is 18.0. The summed E-state index contributed by atoms with van der Waals surface area (Å²) in [5.41, 5.74) is 1.97. The molecule has 0 saturated carbocycles. The van der Waals surface area contributed by atoms with Gasteiger partial charge < -0.3 is 4.74 Å². The van der Waals surface area contributed by atoms with Crippen LogP contribution < -0.4 is 10.3 Å². The summed E-state index contributed by atoms with van der Waals surface area (Å²) in [5, 5.41) is 3.46. The minimum absolute atomic E-state index is 0.257. The Hall–Kier alpha value is -2.86. The third-order valence-electron chi connectivity index (χ3n) is 3.68. The van der Waals surface area contributed by atoms with Crippen molar-refractivity contribution in [2.75, 3.05) is 7.11 Å². The Balaban J connectivity index is 1.99. The number of hydrogen-bond acceptors (Lipinski definition) is 3. The molecule has 0 bridgehead atoms. The predicted octanol–water partition coefficient (Wildman–Crippen LogP) is 4.03. The van der Waals surface area contributed by atoms with E-state index >= 15 is 0 Å². The Morgan fingerprint density at radius 3 is 2.64 bits per heavy atom. The van der Waals surface area contributed by atoms with Crippen LogP contribution in [0, 0.1) is 12.7 Å². The van der Waals surface area contributed by atoms with Crippen molar-refractivity contribution in [2.24, 2.45) is 4.99 Å². The fourth-order valence-corrected chi connectivity index (χ4v) is 2.54. The van der Waals surface area contributed by atoms with Gasteiger partial charge in [0.25, 0.3) is 5.56 Å². The zero-order valence-corrected chi connectivity index (χ0v) is 14.3. The molecule has 0 spiro atoms. The second kappa shape index (κ2) is 6.94. The Morgan fingerprint density at radius 2 is 1.96 bits per heavy atom. The maximum absolute atomic E-state index is 12.9. The molecule has 5 nitrogen and oxygen atoms in total. The first-order valence-electron chi connectivity index (χ1n) is 7.45. The van der Waals surface area contributed by atoms with Gasteiger partial charge in [0.15, 0.2) is 0 Å². The number of rotatable bonds is 4. The lowest BCUT2D eigenvalue weighted by Gasteiger charge is -2.06. The largest absolute Gasteiger partial charge is 0.495 e. The molecule has 0 unspecified atom stereocenters. The number of hydrogen-bond donors (Lipinski definition) is 1. The molecule has 25 heavy (non-hydrogen) atoms. The molecule has 0 aliphatic carbocycles. The Labute approximate surface area is 148 Å². The Kier molecular flexibility index (Phi) is 4.72. The summed E-state index contributed by atoms with van der Waals surface area (Å²) in [7, 11) is 1.51. The first-order valence-corrected chi connectivity index (χ1v) is 7.82. The number of halogens is 2. The first kappa shape index (κ1) is 17.0. The lowest BCUT2D eigenvalue weighted by molar-refractivity contribution is 0.414. The van der Waals surface area contributed by atoms with Gasteiger partial charge in [0.1, 0.15) is 11.6 Å². The molecule has 0 aliphatic heterocycles. The second-order valence-corrected chi connectivity index (χ2v) is 5.75. The van der Waals surface area contributed by atoms with Crippen molar-refractivity contribution in [1.29, 1.82) is 0 Å².